The summed E-state index contributed by atoms with van der Waals surface area (Å²) in [5, 5.41) is 0. The van der Waals surface area contributed by atoms with E-state index < -0.39 is 0 Å². The Morgan fingerprint density at radius 3 is 2.50 bits per heavy atom. The van der Waals surface area contributed by atoms with Gasteiger partial charge in [0.15, 0.2) is 0 Å². The van der Waals surface area contributed by atoms with Gasteiger partial charge in [-0.1, -0.05) is 38.1 Å². The quantitative estimate of drug-likeness (QED) is 0.396. The van der Waals surface area contributed by atoms with Crippen LogP contribution in [0.2, 0.25) is 0 Å². The van der Waals surface area contributed by atoms with Crippen molar-refractivity contribution in [2.75, 3.05) is 31.6 Å². The number of carbonyl (C=O) groups excluding carboxylic acids is 1. The number of rotatable bonds is 5. The molecule has 4 nitrogen and oxygen atoms in total. The number of nitrogens with zero attached hydrogens (tertiary/aromatic N) is 2. The Balaban J connectivity index is 1.21. The van der Waals surface area contributed by atoms with Gasteiger partial charge in [-0.2, -0.15) is 0 Å². The van der Waals surface area contributed by atoms with Crippen molar-refractivity contribution >= 4 is 27.6 Å². The van der Waals surface area contributed by atoms with Gasteiger partial charge in [-0.15, -0.1) is 0 Å². The van der Waals surface area contributed by atoms with Crippen LogP contribution in [0.4, 0.5) is 5.69 Å². The van der Waals surface area contributed by atoms with Crippen molar-refractivity contribution in [2.45, 2.75) is 70.4 Å². The highest BCUT2D eigenvalue weighted by molar-refractivity contribution is 9.10. The summed E-state index contributed by atoms with van der Waals surface area (Å²) in [6.45, 7) is 8.09. The molecule has 3 aliphatic rings. The number of likely N-dealkylation sites (tertiary alicyclic amines) is 1. The minimum absolute atomic E-state index is 0.298. The molecule has 3 fully saturated rings. The van der Waals surface area contributed by atoms with Gasteiger partial charge in [-0.05, 0) is 102 Å². The van der Waals surface area contributed by atoms with Crippen molar-refractivity contribution in [3.05, 3.63) is 63.6 Å². The molecule has 34 heavy (non-hydrogen) atoms. The fourth-order valence-corrected chi connectivity index (χ4v) is 7.23. The number of anilines is 1. The molecular formula is C29H37BrN2O2. The first-order valence-corrected chi connectivity index (χ1v) is 13.7. The number of halogens is 1. The molecule has 1 saturated carbocycles. The van der Waals surface area contributed by atoms with Gasteiger partial charge >= 0.3 is 5.97 Å². The van der Waals surface area contributed by atoms with E-state index in [9.17, 15) is 4.79 Å². The van der Waals surface area contributed by atoms with E-state index in [2.05, 4.69) is 76.0 Å². The normalized spacial score (nSPS) is 22.9. The van der Waals surface area contributed by atoms with Crippen molar-refractivity contribution in [3.63, 3.8) is 0 Å². The van der Waals surface area contributed by atoms with Crippen LogP contribution in [0, 0.1) is 5.41 Å². The zero-order chi connectivity index (χ0) is 23.9. The number of hydrogen-bond donors (Lipinski definition) is 0. The molecule has 1 unspecified atom stereocenters. The Morgan fingerprint density at radius 2 is 1.82 bits per heavy atom. The van der Waals surface area contributed by atoms with Crippen LogP contribution in [0.1, 0.15) is 85.8 Å². The molecule has 182 valence electrons. The Bertz CT molecular complexity index is 1040. The number of carbonyl (C=O) groups is 1. The smallest absolute Gasteiger partial charge is 0.339 e. The average molecular weight is 526 g/mol. The van der Waals surface area contributed by atoms with Crippen molar-refractivity contribution in [3.8, 4) is 0 Å². The monoisotopic (exact) mass is 524 g/mol. The van der Waals surface area contributed by atoms with E-state index in [1.807, 2.05) is 6.07 Å². The third-order valence-electron chi connectivity index (χ3n) is 8.62. The number of hydrogen-bond acceptors (Lipinski definition) is 4. The second kappa shape index (κ2) is 9.66. The van der Waals surface area contributed by atoms with Crippen molar-refractivity contribution < 1.29 is 9.53 Å². The molecule has 0 N–H and O–H groups in total. The minimum atomic E-state index is -0.298. The lowest BCUT2D eigenvalue weighted by atomic mass is 9.59. The molecule has 2 heterocycles. The summed E-state index contributed by atoms with van der Waals surface area (Å²) in [4.78, 5) is 17.2. The second-order valence-electron chi connectivity index (χ2n) is 10.9. The zero-order valence-electron chi connectivity index (χ0n) is 20.7. The van der Waals surface area contributed by atoms with Crippen LogP contribution in [0.3, 0.4) is 0 Å². The largest absolute Gasteiger partial charge is 0.465 e. The van der Waals surface area contributed by atoms with Crippen molar-refractivity contribution in [2.24, 2.45) is 5.41 Å². The summed E-state index contributed by atoms with van der Waals surface area (Å²) in [6.07, 6.45) is 7.86. The molecule has 0 radical (unpaired) electrons. The van der Waals surface area contributed by atoms with E-state index in [1.54, 1.807) is 5.56 Å². The van der Waals surface area contributed by atoms with E-state index >= 15 is 0 Å². The molecule has 1 spiro atoms. The number of esters is 1. The van der Waals surface area contributed by atoms with Gasteiger partial charge in [0, 0.05) is 35.3 Å². The van der Waals surface area contributed by atoms with Gasteiger partial charge in [0.25, 0.3) is 0 Å². The fraction of sp³-hybridized carbons (Fsp3) is 0.552. The summed E-state index contributed by atoms with van der Waals surface area (Å²) < 4.78 is 5.68. The van der Waals surface area contributed by atoms with E-state index in [4.69, 9.17) is 4.74 Å². The molecular weight excluding hydrogens is 488 g/mol. The summed E-state index contributed by atoms with van der Waals surface area (Å²) >= 11 is 3.55. The van der Waals surface area contributed by atoms with Crippen LogP contribution >= 0.6 is 15.9 Å². The van der Waals surface area contributed by atoms with Gasteiger partial charge in [0.05, 0.1) is 12.7 Å². The molecule has 5 rings (SSSR count). The summed E-state index contributed by atoms with van der Waals surface area (Å²) in [6, 6.07) is 16.5. The molecule has 2 aromatic carbocycles. The van der Waals surface area contributed by atoms with E-state index in [0.717, 1.165) is 23.6 Å². The molecule has 1 atom stereocenters. The molecule has 0 bridgehead atoms. The molecule has 5 heteroatoms. The second-order valence-corrected chi connectivity index (χ2v) is 11.7. The number of benzene rings is 2. The maximum absolute atomic E-state index is 11.9. The lowest BCUT2D eigenvalue weighted by Crippen LogP contribution is -2.54. The van der Waals surface area contributed by atoms with Crippen molar-refractivity contribution in [1.82, 2.24) is 4.90 Å². The fourth-order valence-electron chi connectivity index (χ4n) is 6.70. The number of piperidine rings is 1. The van der Waals surface area contributed by atoms with Gasteiger partial charge in [0.2, 0.25) is 0 Å². The number of methoxy groups -OCH3 is 1. The topological polar surface area (TPSA) is 32.8 Å². The van der Waals surface area contributed by atoms with Crippen molar-refractivity contribution in [1.29, 1.82) is 0 Å². The summed E-state index contributed by atoms with van der Waals surface area (Å²) in [7, 11) is 1.42. The van der Waals surface area contributed by atoms with E-state index in [1.165, 1.54) is 63.4 Å². The lowest BCUT2D eigenvalue weighted by Gasteiger charge is -2.56. The first kappa shape index (κ1) is 23.9. The highest BCUT2D eigenvalue weighted by atomic mass is 79.9. The third kappa shape index (κ3) is 4.42. The molecule has 0 aromatic heterocycles. The SMILES string of the molecule is COC(=O)c1ccc(N2CCC3(CC2)CC(N2CCCC2c2ccccc2C(C)C)C3)cc1Br. The molecule has 2 aromatic rings. The summed E-state index contributed by atoms with van der Waals surface area (Å²) in [5.41, 5.74) is 5.41. The first-order valence-electron chi connectivity index (χ1n) is 12.9. The van der Waals surface area contributed by atoms with Crippen LogP contribution in [-0.2, 0) is 4.74 Å². The lowest BCUT2D eigenvalue weighted by molar-refractivity contribution is -0.0227. The average Bonchev–Trinajstić information content (AvgIpc) is 3.31. The van der Waals surface area contributed by atoms with E-state index in [-0.39, 0.29) is 5.97 Å². The summed E-state index contributed by atoms with van der Waals surface area (Å²) in [5.74, 6) is 0.283. The Labute approximate surface area is 212 Å². The van der Waals surface area contributed by atoms with Gasteiger partial charge in [-0.3, -0.25) is 4.90 Å². The molecule has 2 aliphatic heterocycles. The maximum Gasteiger partial charge on any atom is 0.339 e. The van der Waals surface area contributed by atoms with Crippen LogP contribution < -0.4 is 4.90 Å². The van der Waals surface area contributed by atoms with Gasteiger partial charge in [0.1, 0.15) is 0 Å². The highest BCUT2D eigenvalue weighted by Crippen LogP contribution is 2.54. The zero-order valence-corrected chi connectivity index (χ0v) is 22.3. The van der Waals surface area contributed by atoms with Crippen LogP contribution in [0.25, 0.3) is 0 Å². The minimum Gasteiger partial charge on any atom is -0.465 e. The molecule has 2 saturated heterocycles. The van der Waals surface area contributed by atoms with Crippen LogP contribution in [0.5, 0.6) is 0 Å². The standard InChI is InChI=1S/C29H37BrN2O2/c1-20(2)23-7-4-5-8-24(23)27-9-6-14-32(27)22-18-29(19-22)12-15-31(16-13-29)21-10-11-25(26(30)17-21)28(33)34-3/h4-5,7-8,10-11,17,20,22,27H,6,9,12-16,18-19H2,1-3H3. The molecule has 1 aliphatic carbocycles. The third-order valence-corrected chi connectivity index (χ3v) is 9.28. The maximum atomic E-state index is 11.9. The van der Waals surface area contributed by atoms with Crippen LogP contribution in [-0.4, -0.2) is 43.7 Å². The van der Waals surface area contributed by atoms with E-state index in [0.29, 0.717) is 22.9 Å². The Hall–Kier alpha value is -1.85. The molecule has 0 amide bonds. The highest BCUT2D eigenvalue weighted by Gasteiger charge is 2.49. The van der Waals surface area contributed by atoms with Gasteiger partial charge < -0.3 is 9.64 Å². The Morgan fingerprint density at radius 1 is 1.09 bits per heavy atom. The first-order chi connectivity index (χ1) is 16.4. The predicted octanol–water partition coefficient (Wildman–Crippen LogP) is 6.95. The van der Waals surface area contributed by atoms with Crippen LogP contribution in [0.15, 0.2) is 46.9 Å². The predicted molar refractivity (Wildman–Crippen MR) is 142 cm³/mol. The van der Waals surface area contributed by atoms with Gasteiger partial charge in [-0.25, -0.2) is 4.79 Å². The Kier molecular flexibility index (Phi) is 6.78. The number of ether oxygens (including phenoxy) is 1.